The Kier molecular flexibility index (Phi) is 4.49. The van der Waals surface area contributed by atoms with Gasteiger partial charge in [0.15, 0.2) is 0 Å². The van der Waals surface area contributed by atoms with Crippen molar-refractivity contribution in [2.24, 2.45) is 0 Å². The Morgan fingerprint density at radius 3 is 2.67 bits per heavy atom. The molecule has 1 aromatic rings. The van der Waals surface area contributed by atoms with Crippen LogP contribution in [0.15, 0.2) is 18.2 Å². The van der Waals surface area contributed by atoms with Crippen LogP contribution in [0.4, 0.5) is 15.8 Å². The molecule has 1 aliphatic heterocycles. The van der Waals surface area contributed by atoms with Gasteiger partial charge in [0, 0.05) is 18.8 Å². The second kappa shape index (κ2) is 5.99. The fourth-order valence-corrected chi connectivity index (χ4v) is 2.43. The molecule has 0 spiro atoms. The third-order valence-corrected chi connectivity index (χ3v) is 4.07. The van der Waals surface area contributed by atoms with Crippen LogP contribution in [-0.4, -0.2) is 40.6 Å². The molecule has 1 amide bonds. The average Bonchev–Trinajstić information content (AvgIpc) is 2.42. The summed E-state index contributed by atoms with van der Waals surface area (Å²) in [5.41, 5.74) is 5.33. The van der Waals surface area contributed by atoms with Crippen LogP contribution >= 0.6 is 0 Å². The normalized spacial score (nSPS) is 20.0. The summed E-state index contributed by atoms with van der Waals surface area (Å²) in [7, 11) is 0. The van der Waals surface area contributed by atoms with E-state index in [2.05, 4.69) is 5.32 Å². The number of aliphatic hydroxyl groups is 1. The zero-order valence-corrected chi connectivity index (χ0v) is 12.4. The minimum absolute atomic E-state index is 0.00877. The number of nitrogens with zero attached hydrogens (tertiary/aromatic N) is 1. The van der Waals surface area contributed by atoms with Crippen LogP contribution in [0.25, 0.3) is 0 Å². The SMILES string of the molecule is CC(C(=O)Nc1ccc(F)c(N)c1)N1CCC(C)(O)CC1. The van der Waals surface area contributed by atoms with Crippen LogP contribution in [0.3, 0.4) is 0 Å². The Balaban J connectivity index is 1.95. The summed E-state index contributed by atoms with van der Waals surface area (Å²) >= 11 is 0. The van der Waals surface area contributed by atoms with Gasteiger partial charge in [-0.1, -0.05) is 0 Å². The number of nitrogen functional groups attached to an aromatic ring is 1. The fourth-order valence-electron chi connectivity index (χ4n) is 2.43. The zero-order chi connectivity index (χ0) is 15.6. The highest BCUT2D eigenvalue weighted by Gasteiger charge is 2.31. The number of benzene rings is 1. The molecule has 1 saturated heterocycles. The van der Waals surface area contributed by atoms with Gasteiger partial charge in [-0.3, -0.25) is 9.69 Å². The first kappa shape index (κ1) is 15.7. The van der Waals surface area contributed by atoms with E-state index < -0.39 is 11.4 Å². The summed E-state index contributed by atoms with van der Waals surface area (Å²) in [5.74, 6) is -0.665. The monoisotopic (exact) mass is 295 g/mol. The molecule has 5 nitrogen and oxygen atoms in total. The number of rotatable bonds is 3. The van der Waals surface area contributed by atoms with Gasteiger partial charge in [0.05, 0.1) is 17.3 Å². The van der Waals surface area contributed by atoms with Crippen LogP contribution in [0.1, 0.15) is 26.7 Å². The van der Waals surface area contributed by atoms with Crippen molar-refractivity contribution in [2.75, 3.05) is 24.1 Å². The van der Waals surface area contributed by atoms with E-state index in [1.54, 1.807) is 0 Å². The van der Waals surface area contributed by atoms with Crippen molar-refractivity contribution in [3.63, 3.8) is 0 Å². The Morgan fingerprint density at radius 1 is 1.48 bits per heavy atom. The highest BCUT2D eigenvalue weighted by atomic mass is 19.1. The first-order valence-electron chi connectivity index (χ1n) is 7.11. The lowest BCUT2D eigenvalue weighted by Gasteiger charge is -2.38. The molecule has 1 atom stereocenters. The predicted molar refractivity (Wildman–Crippen MR) is 80.3 cm³/mol. The molecule has 4 N–H and O–H groups in total. The number of carbonyl (C=O) groups is 1. The highest BCUT2D eigenvalue weighted by Crippen LogP contribution is 2.23. The average molecular weight is 295 g/mol. The second-order valence-electron chi connectivity index (χ2n) is 5.93. The Bertz CT molecular complexity index is 524. The summed E-state index contributed by atoms with van der Waals surface area (Å²) in [6.45, 7) is 4.99. The van der Waals surface area contributed by atoms with E-state index in [1.807, 2.05) is 18.7 Å². The number of hydrogen-bond donors (Lipinski definition) is 3. The molecular formula is C15H22FN3O2. The number of piperidine rings is 1. The van der Waals surface area contributed by atoms with Gasteiger partial charge in [0.25, 0.3) is 0 Å². The first-order valence-corrected chi connectivity index (χ1v) is 7.11. The zero-order valence-electron chi connectivity index (χ0n) is 12.4. The van der Waals surface area contributed by atoms with Gasteiger partial charge in [-0.15, -0.1) is 0 Å². The maximum absolute atomic E-state index is 13.1. The molecule has 6 heteroatoms. The van der Waals surface area contributed by atoms with Crippen LogP contribution in [0.2, 0.25) is 0 Å². The van der Waals surface area contributed by atoms with Gasteiger partial charge < -0.3 is 16.2 Å². The number of nitrogens with two attached hydrogens (primary N) is 1. The lowest BCUT2D eigenvalue weighted by Crippen LogP contribution is -2.49. The van der Waals surface area contributed by atoms with E-state index in [0.29, 0.717) is 31.6 Å². The summed E-state index contributed by atoms with van der Waals surface area (Å²) in [6, 6.07) is 3.80. The lowest BCUT2D eigenvalue weighted by molar-refractivity contribution is -0.122. The van der Waals surface area contributed by atoms with Crippen LogP contribution in [-0.2, 0) is 4.79 Å². The molecule has 1 fully saturated rings. The Morgan fingerprint density at radius 2 is 2.10 bits per heavy atom. The minimum Gasteiger partial charge on any atom is -0.396 e. The molecule has 1 aromatic carbocycles. The molecule has 0 saturated carbocycles. The van der Waals surface area contributed by atoms with Crippen molar-refractivity contribution in [2.45, 2.75) is 38.3 Å². The molecule has 116 valence electrons. The van der Waals surface area contributed by atoms with E-state index >= 15 is 0 Å². The number of carbonyl (C=O) groups excluding carboxylic acids is 1. The number of halogens is 1. The largest absolute Gasteiger partial charge is 0.396 e. The highest BCUT2D eigenvalue weighted by molar-refractivity contribution is 5.94. The molecular weight excluding hydrogens is 273 g/mol. The van der Waals surface area contributed by atoms with Gasteiger partial charge in [0.2, 0.25) is 5.91 Å². The van der Waals surface area contributed by atoms with Gasteiger partial charge >= 0.3 is 0 Å². The third-order valence-electron chi connectivity index (χ3n) is 4.07. The lowest BCUT2D eigenvalue weighted by atomic mass is 9.93. The molecule has 1 unspecified atom stereocenters. The van der Waals surface area contributed by atoms with Gasteiger partial charge in [-0.2, -0.15) is 0 Å². The maximum atomic E-state index is 13.1. The Labute approximate surface area is 123 Å². The molecule has 0 bridgehead atoms. The van der Waals surface area contributed by atoms with E-state index in [4.69, 9.17) is 5.73 Å². The van der Waals surface area contributed by atoms with Crippen LogP contribution in [0, 0.1) is 5.82 Å². The van der Waals surface area contributed by atoms with Crippen molar-refractivity contribution in [1.29, 1.82) is 0 Å². The molecule has 21 heavy (non-hydrogen) atoms. The molecule has 0 aromatic heterocycles. The minimum atomic E-state index is -0.641. The molecule has 0 radical (unpaired) electrons. The van der Waals surface area contributed by atoms with Gasteiger partial charge in [0.1, 0.15) is 5.82 Å². The van der Waals surface area contributed by atoms with E-state index in [1.165, 1.54) is 18.2 Å². The van der Waals surface area contributed by atoms with Crippen LogP contribution < -0.4 is 11.1 Å². The second-order valence-corrected chi connectivity index (χ2v) is 5.93. The summed E-state index contributed by atoms with van der Waals surface area (Å²) in [4.78, 5) is 14.2. The number of likely N-dealkylation sites (tertiary alicyclic amines) is 1. The van der Waals surface area contributed by atoms with Crippen molar-refractivity contribution < 1.29 is 14.3 Å². The molecule has 1 aliphatic rings. The number of amides is 1. The van der Waals surface area contributed by atoms with E-state index in [9.17, 15) is 14.3 Å². The first-order chi connectivity index (χ1) is 9.78. The summed E-state index contributed by atoms with van der Waals surface area (Å²) < 4.78 is 13.1. The smallest absolute Gasteiger partial charge is 0.241 e. The Hall–Kier alpha value is -1.66. The van der Waals surface area contributed by atoms with Crippen molar-refractivity contribution in [1.82, 2.24) is 4.90 Å². The van der Waals surface area contributed by atoms with Crippen molar-refractivity contribution in [3.05, 3.63) is 24.0 Å². The van der Waals surface area contributed by atoms with Crippen molar-refractivity contribution >= 4 is 17.3 Å². The molecule has 2 rings (SSSR count). The number of hydrogen-bond acceptors (Lipinski definition) is 4. The molecule has 0 aliphatic carbocycles. The number of nitrogens with one attached hydrogen (secondary N) is 1. The van der Waals surface area contributed by atoms with Gasteiger partial charge in [-0.05, 0) is 44.9 Å². The summed E-state index contributed by atoms with van der Waals surface area (Å²) in [5, 5.41) is 12.7. The third kappa shape index (κ3) is 3.92. The fraction of sp³-hybridized carbons (Fsp3) is 0.533. The maximum Gasteiger partial charge on any atom is 0.241 e. The number of anilines is 2. The topological polar surface area (TPSA) is 78.6 Å². The van der Waals surface area contributed by atoms with E-state index in [0.717, 1.165) is 0 Å². The van der Waals surface area contributed by atoms with Crippen LogP contribution in [0.5, 0.6) is 0 Å². The molecule has 1 heterocycles. The van der Waals surface area contributed by atoms with Crippen molar-refractivity contribution in [3.8, 4) is 0 Å². The van der Waals surface area contributed by atoms with E-state index in [-0.39, 0.29) is 17.6 Å². The predicted octanol–water partition coefficient (Wildman–Crippen LogP) is 1.58. The van der Waals surface area contributed by atoms with Gasteiger partial charge in [-0.25, -0.2) is 4.39 Å². The quantitative estimate of drug-likeness (QED) is 0.740. The standard InChI is InChI=1S/C15H22FN3O2/c1-10(19-7-5-15(2,21)6-8-19)14(20)18-11-3-4-12(16)13(17)9-11/h3-4,9-10,21H,5-8,17H2,1-2H3,(H,18,20). The summed E-state index contributed by atoms with van der Waals surface area (Å²) in [6.07, 6.45) is 1.29.